The zero-order chi connectivity index (χ0) is 17.7. The molecular formula is C20H27O2P. The van der Waals surface area contributed by atoms with Crippen LogP contribution in [0.15, 0.2) is 53.1 Å². The minimum atomic E-state index is -0.911. The second-order valence-corrected chi connectivity index (χ2v) is 9.70. The largest absolute Gasteiger partial charge is 0.299 e. The maximum Gasteiger partial charge on any atom is 0.143 e. The molecule has 0 heterocycles. The number of aldehydes is 2. The van der Waals surface area contributed by atoms with Gasteiger partial charge in [-0.3, -0.25) is 9.59 Å². The van der Waals surface area contributed by atoms with Gasteiger partial charge in [0.15, 0.2) is 0 Å². The number of carbonyl (C=O) groups excluding carboxylic acids is 2. The van der Waals surface area contributed by atoms with Crippen molar-refractivity contribution in [3.05, 3.63) is 53.1 Å². The van der Waals surface area contributed by atoms with Crippen molar-refractivity contribution >= 4 is 25.8 Å². The SMILES string of the molecule is CC(C)(C)/C(=C\C=O)P(/C(=C/C=O)C(C)(C)C)c1ccccc1. The molecule has 0 radical (unpaired) electrons. The minimum absolute atomic E-state index is 0.157. The fraction of sp³-hybridized carbons (Fsp3) is 0.400. The highest BCUT2D eigenvalue weighted by atomic mass is 31.1. The summed E-state index contributed by atoms with van der Waals surface area (Å²) in [5.41, 5.74) is -0.314. The molecule has 1 aromatic rings. The summed E-state index contributed by atoms with van der Waals surface area (Å²) >= 11 is 0. The Morgan fingerprint density at radius 3 is 1.48 bits per heavy atom. The van der Waals surface area contributed by atoms with Gasteiger partial charge in [-0.25, -0.2) is 0 Å². The molecular weight excluding hydrogens is 303 g/mol. The summed E-state index contributed by atoms with van der Waals surface area (Å²) in [7, 11) is -0.911. The standard InChI is InChI=1S/C20H27O2P/c1-19(2,3)17(12-14-21)23(16-10-8-7-9-11-16)18(13-15-22)20(4,5)6/h7-15H,1-6H3/b17-12+,18-13+. The Morgan fingerprint density at radius 1 is 0.783 bits per heavy atom. The van der Waals surface area contributed by atoms with Crippen molar-refractivity contribution in [2.24, 2.45) is 10.8 Å². The van der Waals surface area contributed by atoms with Crippen LogP contribution in [0, 0.1) is 10.8 Å². The molecule has 0 N–H and O–H groups in total. The van der Waals surface area contributed by atoms with Gasteiger partial charge in [0.2, 0.25) is 0 Å². The Hall–Kier alpha value is -1.53. The van der Waals surface area contributed by atoms with Gasteiger partial charge in [0.1, 0.15) is 12.6 Å². The van der Waals surface area contributed by atoms with Gasteiger partial charge in [0.05, 0.1) is 0 Å². The fourth-order valence-corrected chi connectivity index (χ4v) is 5.48. The van der Waals surface area contributed by atoms with Crippen molar-refractivity contribution in [1.29, 1.82) is 0 Å². The Morgan fingerprint density at radius 2 is 1.17 bits per heavy atom. The Bertz CT molecular complexity index is 563. The highest BCUT2D eigenvalue weighted by Crippen LogP contribution is 2.61. The first-order valence-corrected chi connectivity index (χ1v) is 9.14. The van der Waals surface area contributed by atoms with E-state index in [0.29, 0.717) is 0 Å². The van der Waals surface area contributed by atoms with Crippen LogP contribution in [-0.4, -0.2) is 12.6 Å². The summed E-state index contributed by atoms with van der Waals surface area (Å²) in [5.74, 6) is 0. The summed E-state index contributed by atoms with van der Waals surface area (Å²) in [4.78, 5) is 22.5. The number of hydrogen-bond acceptors (Lipinski definition) is 2. The molecule has 3 heteroatoms. The second-order valence-electron chi connectivity index (χ2n) is 7.55. The first-order chi connectivity index (χ1) is 10.6. The van der Waals surface area contributed by atoms with E-state index >= 15 is 0 Å². The van der Waals surface area contributed by atoms with Crippen LogP contribution in [0.4, 0.5) is 0 Å². The quantitative estimate of drug-likeness (QED) is 0.430. The van der Waals surface area contributed by atoms with Crippen molar-refractivity contribution in [3.63, 3.8) is 0 Å². The zero-order valence-corrected chi connectivity index (χ0v) is 15.9. The smallest absolute Gasteiger partial charge is 0.143 e. The summed E-state index contributed by atoms with van der Waals surface area (Å²) in [5, 5.41) is 3.32. The van der Waals surface area contributed by atoms with E-state index in [0.717, 1.165) is 28.5 Å². The van der Waals surface area contributed by atoms with E-state index in [1.807, 2.05) is 18.2 Å². The van der Waals surface area contributed by atoms with E-state index in [1.54, 1.807) is 12.2 Å². The van der Waals surface area contributed by atoms with Crippen molar-refractivity contribution < 1.29 is 9.59 Å². The molecule has 0 atom stereocenters. The van der Waals surface area contributed by atoms with Crippen LogP contribution >= 0.6 is 7.92 Å². The van der Waals surface area contributed by atoms with E-state index in [4.69, 9.17) is 0 Å². The molecule has 0 saturated carbocycles. The molecule has 0 unspecified atom stereocenters. The van der Waals surface area contributed by atoms with E-state index < -0.39 is 7.92 Å². The number of hydrogen-bond donors (Lipinski definition) is 0. The first-order valence-electron chi connectivity index (χ1n) is 7.80. The zero-order valence-electron chi connectivity index (χ0n) is 15.0. The van der Waals surface area contributed by atoms with Crippen molar-refractivity contribution in [1.82, 2.24) is 0 Å². The third kappa shape index (κ3) is 5.25. The predicted molar refractivity (Wildman–Crippen MR) is 100 cm³/mol. The molecule has 0 fully saturated rings. The third-order valence-electron chi connectivity index (χ3n) is 3.48. The van der Waals surface area contributed by atoms with E-state index in [-0.39, 0.29) is 10.8 Å². The summed E-state index contributed by atoms with van der Waals surface area (Å²) < 4.78 is 0. The van der Waals surface area contributed by atoms with Gasteiger partial charge in [-0.1, -0.05) is 71.9 Å². The van der Waals surface area contributed by atoms with Crippen LogP contribution in [0.1, 0.15) is 41.5 Å². The lowest BCUT2D eigenvalue weighted by atomic mass is 9.95. The maximum atomic E-state index is 11.3. The topological polar surface area (TPSA) is 34.1 Å². The summed E-state index contributed by atoms with van der Waals surface area (Å²) in [6, 6.07) is 10.2. The molecule has 0 aliphatic heterocycles. The lowest BCUT2D eigenvalue weighted by Crippen LogP contribution is -2.20. The Labute approximate surface area is 141 Å². The molecule has 0 aliphatic rings. The van der Waals surface area contributed by atoms with Crippen LogP contribution in [0.5, 0.6) is 0 Å². The number of allylic oxidation sites excluding steroid dienone is 4. The van der Waals surface area contributed by atoms with Crippen molar-refractivity contribution in [2.45, 2.75) is 41.5 Å². The number of benzene rings is 1. The normalized spacial score (nSPS) is 15.2. The number of rotatable bonds is 5. The van der Waals surface area contributed by atoms with Gasteiger partial charge in [-0.2, -0.15) is 0 Å². The van der Waals surface area contributed by atoms with Crippen LogP contribution in [-0.2, 0) is 9.59 Å². The van der Waals surface area contributed by atoms with Gasteiger partial charge < -0.3 is 0 Å². The average molecular weight is 330 g/mol. The molecule has 1 aromatic carbocycles. The van der Waals surface area contributed by atoms with Gasteiger partial charge >= 0.3 is 0 Å². The fourth-order valence-electron chi connectivity index (χ4n) is 2.43. The maximum absolute atomic E-state index is 11.3. The minimum Gasteiger partial charge on any atom is -0.299 e. The van der Waals surface area contributed by atoms with Crippen LogP contribution in [0.2, 0.25) is 0 Å². The lowest BCUT2D eigenvalue weighted by molar-refractivity contribution is -0.104. The molecule has 1 rings (SSSR count). The van der Waals surface area contributed by atoms with Gasteiger partial charge in [0, 0.05) is 0 Å². The molecule has 0 saturated heterocycles. The van der Waals surface area contributed by atoms with E-state index in [1.165, 1.54) is 0 Å². The Balaban J connectivity index is 3.68. The summed E-state index contributed by atoms with van der Waals surface area (Å²) in [6.45, 7) is 12.7. The van der Waals surface area contributed by atoms with Gasteiger partial charge in [-0.05, 0) is 46.8 Å². The second kappa shape index (κ2) is 7.84. The predicted octanol–water partition coefficient (Wildman–Crippen LogP) is 5.05. The molecule has 0 spiro atoms. The highest BCUT2D eigenvalue weighted by Gasteiger charge is 2.33. The van der Waals surface area contributed by atoms with Crippen LogP contribution in [0.25, 0.3) is 0 Å². The van der Waals surface area contributed by atoms with E-state index in [9.17, 15) is 9.59 Å². The molecule has 124 valence electrons. The molecule has 0 bridgehead atoms. The van der Waals surface area contributed by atoms with E-state index in [2.05, 4.69) is 53.7 Å². The average Bonchev–Trinajstić information content (AvgIpc) is 2.44. The molecule has 23 heavy (non-hydrogen) atoms. The molecule has 0 aromatic heterocycles. The summed E-state index contributed by atoms with van der Waals surface area (Å²) in [6.07, 6.45) is 5.09. The van der Waals surface area contributed by atoms with Crippen LogP contribution < -0.4 is 5.30 Å². The first kappa shape index (κ1) is 19.5. The van der Waals surface area contributed by atoms with Crippen LogP contribution in [0.3, 0.4) is 0 Å². The highest BCUT2D eigenvalue weighted by molar-refractivity contribution is 7.73. The van der Waals surface area contributed by atoms with Crippen molar-refractivity contribution in [2.75, 3.05) is 0 Å². The number of carbonyl (C=O) groups is 2. The molecule has 0 aliphatic carbocycles. The van der Waals surface area contributed by atoms with Crippen molar-refractivity contribution in [3.8, 4) is 0 Å². The monoisotopic (exact) mass is 330 g/mol. The lowest BCUT2D eigenvalue weighted by Gasteiger charge is -2.37. The van der Waals surface area contributed by atoms with Gasteiger partial charge in [-0.15, -0.1) is 0 Å². The molecule has 2 nitrogen and oxygen atoms in total. The Kier molecular flexibility index (Phi) is 6.65. The molecule has 0 amide bonds. The third-order valence-corrected chi connectivity index (χ3v) is 6.90. The van der Waals surface area contributed by atoms with Gasteiger partial charge in [0.25, 0.3) is 0 Å².